The molecule has 0 saturated heterocycles. The molecule has 2 unspecified atom stereocenters. The summed E-state index contributed by atoms with van der Waals surface area (Å²) in [5.41, 5.74) is 0.429. The molecule has 2 amide bonds. The van der Waals surface area contributed by atoms with Gasteiger partial charge in [0.25, 0.3) is 0 Å². The molecule has 0 spiro atoms. The Morgan fingerprint density at radius 2 is 2.26 bits per heavy atom. The third kappa shape index (κ3) is 3.67. The van der Waals surface area contributed by atoms with E-state index in [9.17, 15) is 9.59 Å². The van der Waals surface area contributed by atoms with Crippen molar-refractivity contribution in [1.29, 1.82) is 0 Å². The molecular weight excluding hydrogens is 246 g/mol. The molecule has 0 bridgehead atoms. The van der Waals surface area contributed by atoms with Gasteiger partial charge in [-0.05, 0) is 24.8 Å². The number of carboxylic acids is 1. The maximum Gasteiger partial charge on any atom is 0.337 e. The van der Waals surface area contributed by atoms with Crippen molar-refractivity contribution in [3.8, 4) is 0 Å². The number of hydrogen-bond donors (Lipinski definition) is 3. The van der Waals surface area contributed by atoms with Crippen molar-refractivity contribution in [3.63, 3.8) is 0 Å². The maximum atomic E-state index is 11.7. The van der Waals surface area contributed by atoms with Crippen molar-refractivity contribution < 1.29 is 14.7 Å². The molecule has 6 heteroatoms. The molecule has 0 radical (unpaired) electrons. The predicted octanol–water partition coefficient (Wildman–Crippen LogP) is 2.09. The van der Waals surface area contributed by atoms with Crippen molar-refractivity contribution in [2.45, 2.75) is 32.2 Å². The van der Waals surface area contributed by atoms with Gasteiger partial charge in [0.05, 0.1) is 17.4 Å². The van der Waals surface area contributed by atoms with E-state index in [0.29, 0.717) is 11.6 Å². The molecule has 19 heavy (non-hydrogen) atoms. The van der Waals surface area contributed by atoms with Crippen LogP contribution in [0.1, 0.15) is 36.5 Å². The van der Waals surface area contributed by atoms with Crippen LogP contribution in [0.2, 0.25) is 0 Å². The van der Waals surface area contributed by atoms with E-state index >= 15 is 0 Å². The number of hydrogen-bond acceptors (Lipinski definition) is 3. The van der Waals surface area contributed by atoms with Gasteiger partial charge in [-0.2, -0.15) is 0 Å². The van der Waals surface area contributed by atoms with Crippen LogP contribution in [0.15, 0.2) is 18.5 Å². The second kappa shape index (κ2) is 5.69. The highest BCUT2D eigenvalue weighted by Gasteiger charge is 2.37. The fourth-order valence-electron chi connectivity index (χ4n) is 2.08. The first-order chi connectivity index (χ1) is 9.10. The van der Waals surface area contributed by atoms with Crippen molar-refractivity contribution >= 4 is 17.7 Å². The van der Waals surface area contributed by atoms with Gasteiger partial charge in [0.2, 0.25) is 0 Å². The number of anilines is 1. The first kappa shape index (κ1) is 13.3. The van der Waals surface area contributed by atoms with Gasteiger partial charge >= 0.3 is 12.0 Å². The first-order valence-corrected chi connectivity index (χ1v) is 6.36. The lowest BCUT2D eigenvalue weighted by atomic mass is 10.2. The van der Waals surface area contributed by atoms with E-state index in [1.807, 2.05) is 0 Å². The third-order valence-electron chi connectivity index (χ3n) is 3.14. The molecule has 1 fully saturated rings. The van der Waals surface area contributed by atoms with Crippen LogP contribution in [0.4, 0.5) is 10.5 Å². The second-order valence-electron chi connectivity index (χ2n) is 4.76. The van der Waals surface area contributed by atoms with Crippen LogP contribution in [-0.4, -0.2) is 28.1 Å². The minimum atomic E-state index is -1.07. The van der Waals surface area contributed by atoms with E-state index in [0.717, 1.165) is 19.3 Å². The molecule has 0 aliphatic heterocycles. The van der Waals surface area contributed by atoms with Gasteiger partial charge in [0, 0.05) is 12.2 Å². The quantitative estimate of drug-likeness (QED) is 0.758. The van der Waals surface area contributed by atoms with Crippen molar-refractivity contribution in [2.24, 2.45) is 5.92 Å². The van der Waals surface area contributed by atoms with E-state index in [1.165, 1.54) is 18.5 Å². The molecule has 1 aromatic heterocycles. The summed E-state index contributed by atoms with van der Waals surface area (Å²) >= 11 is 0. The minimum absolute atomic E-state index is 0.0491. The van der Waals surface area contributed by atoms with Gasteiger partial charge in [-0.1, -0.05) is 13.3 Å². The number of rotatable bonds is 5. The number of nitrogens with one attached hydrogen (secondary N) is 2. The van der Waals surface area contributed by atoms with Gasteiger partial charge < -0.3 is 15.7 Å². The lowest BCUT2D eigenvalue weighted by Crippen LogP contribution is -2.31. The Morgan fingerprint density at radius 3 is 2.95 bits per heavy atom. The molecule has 2 rings (SSSR count). The summed E-state index contributed by atoms with van der Waals surface area (Å²) in [5, 5.41) is 14.3. The Hall–Kier alpha value is -2.11. The molecule has 1 aromatic rings. The molecule has 1 aliphatic carbocycles. The van der Waals surface area contributed by atoms with Crippen molar-refractivity contribution in [1.82, 2.24) is 10.3 Å². The third-order valence-corrected chi connectivity index (χ3v) is 3.14. The summed E-state index contributed by atoms with van der Waals surface area (Å²) in [5.74, 6) is -0.485. The van der Waals surface area contributed by atoms with E-state index in [4.69, 9.17) is 5.11 Å². The average Bonchev–Trinajstić information content (AvgIpc) is 3.07. The fraction of sp³-hybridized carbons (Fsp3) is 0.462. The first-order valence-electron chi connectivity index (χ1n) is 6.36. The topological polar surface area (TPSA) is 91.3 Å². The van der Waals surface area contributed by atoms with Crippen LogP contribution in [0.25, 0.3) is 0 Å². The molecule has 1 saturated carbocycles. The van der Waals surface area contributed by atoms with Gasteiger partial charge in [0.15, 0.2) is 0 Å². The lowest BCUT2D eigenvalue weighted by molar-refractivity contribution is 0.0696. The van der Waals surface area contributed by atoms with Crippen molar-refractivity contribution in [2.75, 3.05) is 5.32 Å². The number of carboxylic acid groups (broad SMARTS) is 1. The normalized spacial score (nSPS) is 20.7. The zero-order valence-corrected chi connectivity index (χ0v) is 10.7. The summed E-state index contributed by atoms with van der Waals surface area (Å²) in [7, 11) is 0. The van der Waals surface area contributed by atoms with Crippen LogP contribution >= 0.6 is 0 Å². The van der Waals surface area contributed by atoms with E-state index in [-0.39, 0.29) is 17.6 Å². The molecule has 1 heterocycles. The maximum absolute atomic E-state index is 11.7. The molecule has 6 nitrogen and oxygen atoms in total. The zero-order chi connectivity index (χ0) is 13.8. The number of carbonyl (C=O) groups is 2. The van der Waals surface area contributed by atoms with Crippen LogP contribution in [-0.2, 0) is 0 Å². The van der Waals surface area contributed by atoms with E-state index in [2.05, 4.69) is 22.5 Å². The fourth-order valence-corrected chi connectivity index (χ4v) is 2.08. The highest BCUT2D eigenvalue weighted by molar-refractivity contribution is 5.92. The van der Waals surface area contributed by atoms with Crippen LogP contribution in [0, 0.1) is 5.92 Å². The Morgan fingerprint density at radius 1 is 1.47 bits per heavy atom. The van der Waals surface area contributed by atoms with Crippen LogP contribution < -0.4 is 10.6 Å². The number of urea groups is 1. The Labute approximate surface area is 111 Å². The molecular formula is C13H17N3O3. The van der Waals surface area contributed by atoms with Gasteiger partial charge in [0.1, 0.15) is 0 Å². The molecule has 2 atom stereocenters. The van der Waals surface area contributed by atoms with Gasteiger partial charge in [-0.25, -0.2) is 9.59 Å². The van der Waals surface area contributed by atoms with E-state index < -0.39 is 5.97 Å². The smallest absolute Gasteiger partial charge is 0.337 e. The number of amides is 2. The summed E-state index contributed by atoms with van der Waals surface area (Å²) in [6, 6.07) is 1.31. The largest absolute Gasteiger partial charge is 0.478 e. The number of pyridine rings is 1. The summed E-state index contributed by atoms with van der Waals surface area (Å²) in [6.45, 7) is 2.12. The average molecular weight is 263 g/mol. The molecule has 1 aliphatic rings. The molecule has 3 N–H and O–H groups in total. The van der Waals surface area contributed by atoms with Gasteiger partial charge in [-0.15, -0.1) is 0 Å². The Kier molecular flexibility index (Phi) is 3.99. The number of aromatic nitrogens is 1. The van der Waals surface area contributed by atoms with Gasteiger partial charge in [-0.3, -0.25) is 4.98 Å². The second-order valence-corrected chi connectivity index (χ2v) is 4.76. The highest BCUT2D eigenvalue weighted by atomic mass is 16.4. The Bertz CT molecular complexity index is 490. The SMILES string of the molecule is CCCC1CC1NC(=O)Nc1cncc(C(=O)O)c1. The summed E-state index contributed by atoms with van der Waals surface area (Å²) in [6.07, 6.45) is 5.93. The lowest BCUT2D eigenvalue weighted by Gasteiger charge is -2.07. The number of carbonyl (C=O) groups excluding carboxylic acids is 1. The summed E-state index contributed by atoms with van der Waals surface area (Å²) < 4.78 is 0. The highest BCUT2D eigenvalue weighted by Crippen LogP contribution is 2.34. The standard InChI is InChI=1S/C13H17N3O3/c1-2-3-8-5-11(8)16-13(19)15-10-4-9(12(17)18)6-14-7-10/h4,6-8,11H,2-3,5H2,1H3,(H,17,18)(H2,15,16,19). The van der Waals surface area contributed by atoms with Crippen molar-refractivity contribution in [3.05, 3.63) is 24.0 Å². The van der Waals surface area contributed by atoms with Crippen LogP contribution in [0.3, 0.4) is 0 Å². The summed E-state index contributed by atoms with van der Waals surface area (Å²) in [4.78, 5) is 26.2. The number of aromatic carboxylic acids is 1. The minimum Gasteiger partial charge on any atom is -0.478 e. The molecule has 0 aromatic carbocycles. The van der Waals surface area contributed by atoms with E-state index in [1.54, 1.807) is 0 Å². The predicted molar refractivity (Wildman–Crippen MR) is 70.2 cm³/mol. The zero-order valence-electron chi connectivity index (χ0n) is 10.7. The van der Waals surface area contributed by atoms with Crippen LogP contribution in [0.5, 0.6) is 0 Å². The number of nitrogens with zero attached hydrogens (tertiary/aromatic N) is 1. The molecule has 102 valence electrons. The monoisotopic (exact) mass is 263 g/mol. The Balaban J connectivity index is 1.86.